The lowest BCUT2D eigenvalue weighted by Crippen LogP contribution is -2.44. The number of nitrogens with two attached hydrogens (primary N) is 1. The maximum Gasteiger partial charge on any atom is 0.227 e. The molecular formula is C25H32Cl2N2O4. The number of carbonyl (C=O) groups excluding carboxylic acids is 1. The molecule has 0 bridgehead atoms. The molecule has 0 saturated carbocycles. The van der Waals surface area contributed by atoms with E-state index in [1.54, 1.807) is 7.11 Å². The third kappa shape index (κ3) is 7.00. The van der Waals surface area contributed by atoms with Gasteiger partial charge in [0, 0.05) is 20.2 Å². The first-order valence-corrected chi connectivity index (χ1v) is 12.0. The van der Waals surface area contributed by atoms with Crippen molar-refractivity contribution in [2.45, 2.75) is 32.2 Å². The van der Waals surface area contributed by atoms with Gasteiger partial charge < -0.3 is 24.8 Å². The van der Waals surface area contributed by atoms with Gasteiger partial charge in [-0.2, -0.15) is 0 Å². The summed E-state index contributed by atoms with van der Waals surface area (Å²) in [5, 5.41) is 0.964. The first-order valence-electron chi connectivity index (χ1n) is 11.2. The van der Waals surface area contributed by atoms with Gasteiger partial charge in [0.05, 0.1) is 28.6 Å². The second-order valence-electron chi connectivity index (χ2n) is 8.32. The first kappa shape index (κ1) is 25.6. The topological polar surface area (TPSA) is 74.0 Å². The van der Waals surface area contributed by atoms with Crippen LogP contribution in [0.1, 0.15) is 24.0 Å². The largest absolute Gasteiger partial charge is 0.490 e. The summed E-state index contributed by atoms with van der Waals surface area (Å²) in [7, 11) is 1.67. The van der Waals surface area contributed by atoms with Crippen molar-refractivity contribution in [2.75, 3.05) is 40.0 Å². The Kier molecular flexibility index (Phi) is 9.68. The second kappa shape index (κ2) is 12.5. The minimum absolute atomic E-state index is 0.114. The molecule has 180 valence electrons. The van der Waals surface area contributed by atoms with Crippen molar-refractivity contribution < 1.29 is 19.0 Å². The summed E-state index contributed by atoms with van der Waals surface area (Å²) < 4.78 is 16.7. The van der Waals surface area contributed by atoms with Crippen molar-refractivity contribution in [3.8, 4) is 11.5 Å². The number of aryl methyl sites for hydroxylation is 1. The summed E-state index contributed by atoms with van der Waals surface area (Å²) in [5.74, 6) is 1.06. The lowest BCUT2D eigenvalue weighted by molar-refractivity contribution is -0.136. The molecule has 33 heavy (non-hydrogen) atoms. The number of halogens is 2. The molecule has 1 unspecified atom stereocenters. The van der Waals surface area contributed by atoms with Crippen LogP contribution >= 0.6 is 23.2 Å². The average molecular weight is 495 g/mol. The highest BCUT2D eigenvalue weighted by Gasteiger charge is 2.32. The lowest BCUT2D eigenvalue weighted by atomic mass is 9.97. The zero-order valence-corrected chi connectivity index (χ0v) is 20.7. The molecule has 8 heteroatoms. The zero-order valence-electron chi connectivity index (χ0n) is 19.2. The molecule has 2 N–H and O–H groups in total. The van der Waals surface area contributed by atoms with Crippen molar-refractivity contribution in [2.24, 2.45) is 11.7 Å². The number of nitrogens with zero attached hydrogens (tertiary/aromatic N) is 1. The number of carbonyl (C=O) groups is 1. The van der Waals surface area contributed by atoms with E-state index in [-0.39, 0.29) is 17.9 Å². The summed E-state index contributed by atoms with van der Waals surface area (Å²) in [4.78, 5) is 15.0. The molecule has 2 aromatic rings. The molecule has 1 fully saturated rings. The molecule has 0 radical (unpaired) electrons. The second-order valence-corrected chi connectivity index (χ2v) is 9.13. The molecule has 6 nitrogen and oxygen atoms in total. The van der Waals surface area contributed by atoms with Gasteiger partial charge in [0.2, 0.25) is 5.91 Å². The van der Waals surface area contributed by atoms with Crippen LogP contribution in [-0.4, -0.2) is 56.9 Å². The van der Waals surface area contributed by atoms with E-state index in [1.807, 2.05) is 48.2 Å². The van der Waals surface area contributed by atoms with Gasteiger partial charge in [0.25, 0.3) is 0 Å². The molecule has 0 aromatic heterocycles. The van der Waals surface area contributed by atoms with E-state index in [4.69, 9.17) is 43.1 Å². The minimum atomic E-state index is -0.244. The van der Waals surface area contributed by atoms with E-state index in [0.717, 1.165) is 36.3 Å². The van der Waals surface area contributed by atoms with Gasteiger partial charge in [0.15, 0.2) is 5.75 Å². The van der Waals surface area contributed by atoms with Gasteiger partial charge in [-0.15, -0.1) is 0 Å². The van der Waals surface area contributed by atoms with Crippen LogP contribution in [0.15, 0.2) is 36.4 Å². The van der Waals surface area contributed by atoms with Gasteiger partial charge in [-0.1, -0.05) is 35.3 Å². The number of benzene rings is 2. The van der Waals surface area contributed by atoms with E-state index >= 15 is 0 Å². The van der Waals surface area contributed by atoms with Crippen LogP contribution in [0.2, 0.25) is 10.0 Å². The SMILES string of the molecule is COC[C@@H]1CCCN1C(=O)C(CN)Cc1ccc(OCCOc2c(Cl)cc(C)cc2Cl)cc1. The number of likely N-dealkylation sites (tertiary alicyclic amines) is 1. The van der Waals surface area contributed by atoms with E-state index in [2.05, 4.69) is 0 Å². The van der Waals surface area contributed by atoms with Crippen LogP contribution in [-0.2, 0) is 16.0 Å². The molecule has 1 aliphatic rings. The molecule has 1 aliphatic heterocycles. The molecule has 3 rings (SSSR count). The fourth-order valence-corrected chi connectivity index (χ4v) is 4.84. The third-order valence-electron chi connectivity index (χ3n) is 5.80. The van der Waals surface area contributed by atoms with E-state index in [9.17, 15) is 4.79 Å². The van der Waals surface area contributed by atoms with E-state index in [0.29, 0.717) is 48.6 Å². The van der Waals surface area contributed by atoms with Gasteiger partial charge in [-0.25, -0.2) is 0 Å². The number of amides is 1. The Morgan fingerprint density at radius 2 is 1.82 bits per heavy atom. The lowest BCUT2D eigenvalue weighted by Gasteiger charge is -2.28. The number of methoxy groups -OCH3 is 1. The van der Waals surface area contributed by atoms with Crippen LogP contribution in [0.5, 0.6) is 11.5 Å². The first-order chi connectivity index (χ1) is 15.9. The summed E-state index contributed by atoms with van der Waals surface area (Å²) in [6.45, 7) is 4.24. The highest BCUT2D eigenvalue weighted by Crippen LogP contribution is 2.34. The standard InChI is InChI=1S/C25H32Cl2N2O4/c1-17-12-22(26)24(23(27)13-17)33-11-10-32-21-7-5-18(6-8-21)14-19(15-28)25(30)29-9-3-4-20(29)16-31-2/h5-8,12-13,19-20H,3-4,9-11,14-16,28H2,1-2H3/t19?,20-/m0/s1. The third-order valence-corrected chi connectivity index (χ3v) is 6.36. The van der Waals surface area contributed by atoms with E-state index in [1.165, 1.54) is 0 Å². The fraction of sp³-hybridized carbons (Fsp3) is 0.480. The average Bonchev–Trinajstić information content (AvgIpc) is 3.25. The van der Waals surface area contributed by atoms with Crippen LogP contribution < -0.4 is 15.2 Å². The van der Waals surface area contributed by atoms with Gasteiger partial charge in [0.1, 0.15) is 19.0 Å². The van der Waals surface area contributed by atoms with Crippen LogP contribution in [0, 0.1) is 12.8 Å². The predicted molar refractivity (Wildman–Crippen MR) is 131 cm³/mol. The van der Waals surface area contributed by atoms with Crippen molar-refractivity contribution in [3.05, 3.63) is 57.6 Å². The Morgan fingerprint density at radius 3 is 2.45 bits per heavy atom. The number of hydrogen-bond donors (Lipinski definition) is 1. The molecule has 1 saturated heterocycles. The molecule has 1 amide bonds. The van der Waals surface area contributed by atoms with Gasteiger partial charge in [-0.3, -0.25) is 4.79 Å². The number of rotatable bonds is 11. The van der Waals surface area contributed by atoms with Crippen LogP contribution in [0.3, 0.4) is 0 Å². The summed E-state index contributed by atoms with van der Waals surface area (Å²) in [6, 6.07) is 11.5. The smallest absolute Gasteiger partial charge is 0.227 e. The van der Waals surface area contributed by atoms with Crippen molar-refractivity contribution >= 4 is 29.1 Å². The highest BCUT2D eigenvalue weighted by atomic mass is 35.5. The molecular weight excluding hydrogens is 463 g/mol. The highest BCUT2D eigenvalue weighted by molar-refractivity contribution is 6.37. The summed E-state index contributed by atoms with van der Waals surface area (Å²) >= 11 is 12.4. The van der Waals surface area contributed by atoms with Crippen LogP contribution in [0.4, 0.5) is 0 Å². The van der Waals surface area contributed by atoms with Gasteiger partial charge in [-0.05, 0) is 61.6 Å². The Bertz CT molecular complexity index is 900. The van der Waals surface area contributed by atoms with Crippen molar-refractivity contribution in [1.82, 2.24) is 4.90 Å². The van der Waals surface area contributed by atoms with Gasteiger partial charge >= 0.3 is 0 Å². The predicted octanol–water partition coefficient (Wildman–Crippen LogP) is 4.51. The Labute approximate surface area is 205 Å². The maximum absolute atomic E-state index is 13.0. The molecule has 0 aliphatic carbocycles. The zero-order chi connectivity index (χ0) is 23.8. The maximum atomic E-state index is 13.0. The Morgan fingerprint density at radius 1 is 1.15 bits per heavy atom. The molecule has 1 heterocycles. The van der Waals surface area contributed by atoms with Crippen molar-refractivity contribution in [1.29, 1.82) is 0 Å². The summed E-state index contributed by atoms with van der Waals surface area (Å²) in [5.41, 5.74) is 7.98. The Hall–Kier alpha value is -1.99. The normalized spacial score (nSPS) is 16.6. The molecule has 2 atom stereocenters. The Balaban J connectivity index is 1.49. The number of hydrogen-bond acceptors (Lipinski definition) is 5. The minimum Gasteiger partial charge on any atom is -0.490 e. The quantitative estimate of drug-likeness (QED) is 0.465. The monoisotopic (exact) mass is 494 g/mol. The van der Waals surface area contributed by atoms with E-state index < -0.39 is 0 Å². The molecule has 0 spiro atoms. The fourth-order valence-electron chi connectivity index (χ4n) is 4.13. The van der Waals surface area contributed by atoms with Crippen molar-refractivity contribution in [3.63, 3.8) is 0 Å². The number of ether oxygens (including phenoxy) is 3. The summed E-state index contributed by atoms with van der Waals surface area (Å²) in [6.07, 6.45) is 2.59. The van der Waals surface area contributed by atoms with Crippen LogP contribution in [0.25, 0.3) is 0 Å². The molecule has 2 aromatic carbocycles.